The number of hydrogen-bond acceptors (Lipinski definition) is 5. The molecule has 2 aliphatic heterocycles. The van der Waals surface area contributed by atoms with Crippen LogP contribution in [0.2, 0.25) is 0 Å². The summed E-state index contributed by atoms with van der Waals surface area (Å²) in [6, 6.07) is 12.4. The first-order valence-corrected chi connectivity index (χ1v) is 11.6. The maximum Gasteiger partial charge on any atom is 0.254 e. The monoisotopic (exact) mass is 416 g/mol. The van der Waals surface area contributed by atoms with Gasteiger partial charge in [-0.25, -0.2) is 8.42 Å². The fraction of sp³-hybridized carbons (Fsp3) is 0.381. The van der Waals surface area contributed by atoms with E-state index in [1.165, 1.54) is 0 Å². The first-order valence-electron chi connectivity index (χ1n) is 9.69. The van der Waals surface area contributed by atoms with Crippen LogP contribution in [0.15, 0.2) is 42.5 Å². The molecule has 0 unspecified atom stereocenters. The molecule has 0 aliphatic carbocycles. The predicted molar refractivity (Wildman–Crippen MR) is 110 cm³/mol. The molecule has 0 bridgehead atoms. The van der Waals surface area contributed by atoms with Gasteiger partial charge < -0.3 is 14.4 Å². The van der Waals surface area contributed by atoms with Gasteiger partial charge in [0, 0.05) is 24.2 Å². The predicted octanol–water partition coefficient (Wildman–Crippen LogP) is 3.20. The van der Waals surface area contributed by atoms with Crippen LogP contribution in [0.4, 0.5) is 5.69 Å². The Morgan fingerprint density at radius 1 is 1.07 bits per heavy atom. The lowest BCUT2D eigenvalue weighted by atomic mass is 10.0. The SMILES string of the molecule is CS(=O)(=O)Nc1cccc(C(=O)N2CCC[C@H]2c2ccc3c(c2)OCCCO3)c1. The minimum absolute atomic E-state index is 0.0498. The summed E-state index contributed by atoms with van der Waals surface area (Å²) in [6.07, 6.45) is 3.71. The van der Waals surface area contributed by atoms with Gasteiger partial charge >= 0.3 is 0 Å². The second-order valence-electron chi connectivity index (χ2n) is 7.37. The summed E-state index contributed by atoms with van der Waals surface area (Å²) in [4.78, 5) is 15.0. The van der Waals surface area contributed by atoms with Crippen molar-refractivity contribution in [3.05, 3.63) is 53.6 Å². The number of carbonyl (C=O) groups is 1. The Morgan fingerprint density at radius 2 is 1.86 bits per heavy atom. The summed E-state index contributed by atoms with van der Waals surface area (Å²) in [5.74, 6) is 1.34. The molecular formula is C21H24N2O5S. The third-order valence-corrected chi connectivity index (χ3v) is 5.69. The molecule has 29 heavy (non-hydrogen) atoms. The highest BCUT2D eigenvalue weighted by atomic mass is 32.2. The van der Waals surface area contributed by atoms with Crippen molar-refractivity contribution in [3.63, 3.8) is 0 Å². The van der Waals surface area contributed by atoms with E-state index in [9.17, 15) is 13.2 Å². The molecule has 0 spiro atoms. The van der Waals surface area contributed by atoms with Crippen LogP contribution in [0, 0.1) is 0 Å². The molecule has 1 fully saturated rings. The number of hydrogen-bond donors (Lipinski definition) is 1. The van der Waals surface area contributed by atoms with E-state index in [4.69, 9.17) is 9.47 Å². The van der Waals surface area contributed by atoms with Crippen LogP contribution in [-0.2, 0) is 10.0 Å². The molecule has 7 nitrogen and oxygen atoms in total. The lowest BCUT2D eigenvalue weighted by Crippen LogP contribution is -2.30. The highest BCUT2D eigenvalue weighted by Crippen LogP contribution is 2.38. The van der Waals surface area contributed by atoms with E-state index >= 15 is 0 Å². The first kappa shape index (κ1) is 19.6. The number of carbonyl (C=O) groups excluding carboxylic acids is 1. The van der Waals surface area contributed by atoms with E-state index in [2.05, 4.69) is 4.72 Å². The Bertz CT molecular complexity index is 1020. The van der Waals surface area contributed by atoms with E-state index in [0.29, 0.717) is 31.0 Å². The maximum atomic E-state index is 13.2. The van der Waals surface area contributed by atoms with Crippen molar-refractivity contribution in [1.29, 1.82) is 0 Å². The molecule has 2 aliphatic rings. The van der Waals surface area contributed by atoms with Crippen molar-refractivity contribution < 1.29 is 22.7 Å². The fourth-order valence-corrected chi connectivity index (χ4v) is 4.39. The van der Waals surface area contributed by atoms with Crippen LogP contribution >= 0.6 is 0 Å². The fourth-order valence-electron chi connectivity index (χ4n) is 3.84. The number of rotatable bonds is 4. The summed E-state index contributed by atoms with van der Waals surface area (Å²) in [5.41, 5.74) is 1.86. The number of benzene rings is 2. The third-order valence-electron chi connectivity index (χ3n) is 5.08. The lowest BCUT2D eigenvalue weighted by Gasteiger charge is -2.26. The molecule has 154 valence electrons. The van der Waals surface area contributed by atoms with Crippen molar-refractivity contribution >= 4 is 21.6 Å². The Kier molecular flexibility index (Phi) is 5.36. The molecule has 1 atom stereocenters. The van der Waals surface area contributed by atoms with E-state index in [-0.39, 0.29) is 11.9 Å². The van der Waals surface area contributed by atoms with Gasteiger partial charge in [0.05, 0.1) is 25.5 Å². The number of likely N-dealkylation sites (tertiary alicyclic amines) is 1. The normalized spacial score (nSPS) is 18.9. The van der Waals surface area contributed by atoms with Crippen LogP contribution in [-0.4, -0.2) is 45.2 Å². The number of nitrogens with zero attached hydrogens (tertiary/aromatic N) is 1. The molecule has 1 N–H and O–H groups in total. The Morgan fingerprint density at radius 3 is 2.66 bits per heavy atom. The number of ether oxygens (including phenoxy) is 2. The molecular weight excluding hydrogens is 392 g/mol. The van der Waals surface area contributed by atoms with E-state index in [0.717, 1.165) is 42.6 Å². The van der Waals surface area contributed by atoms with Gasteiger partial charge in [-0.15, -0.1) is 0 Å². The minimum Gasteiger partial charge on any atom is -0.490 e. The van der Waals surface area contributed by atoms with Crippen molar-refractivity contribution in [1.82, 2.24) is 4.90 Å². The van der Waals surface area contributed by atoms with E-state index < -0.39 is 10.0 Å². The number of amides is 1. The maximum absolute atomic E-state index is 13.2. The van der Waals surface area contributed by atoms with Crippen LogP contribution < -0.4 is 14.2 Å². The van der Waals surface area contributed by atoms with E-state index in [1.807, 2.05) is 23.1 Å². The summed E-state index contributed by atoms with van der Waals surface area (Å²) in [6.45, 7) is 1.91. The molecule has 2 aromatic carbocycles. The van der Waals surface area contributed by atoms with Crippen LogP contribution in [0.1, 0.15) is 41.2 Å². The smallest absolute Gasteiger partial charge is 0.254 e. The molecule has 8 heteroatoms. The highest BCUT2D eigenvalue weighted by molar-refractivity contribution is 7.92. The molecule has 2 aromatic rings. The zero-order valence-electron chi connectivity index (χ0n) is 16.3. The Labute approximate surface area is 170 Å². The van der Waals surface area contributed by atoms with Crippen LogP contribution in [0.3, 0.4) is 0 Å². The largest absolute Gasteiger partial charge is 0.490 e. The molecule has 0 aromatic heterocycles. The molecule has 0 radical (unpaired) electrons. The van der Waals surface area contributed by atoms with E-state index in [1.54, 1.807) is 24.3 Å². The van der Waals surface area contributed by atoms with Crippen molar-refractivity contribution in [3.8, 4) is 11.5 Å². The van der Waals surface area contributed by atoms with Gasteiger partial charge in [-0.3, -0.25) is 9.52 Å². The van der Waals surface area contributed by atoms with Crippen molar-refractivity contribution in [2.24, 2.45) is 0 Å². The van der Waals surface area contributed by atoms with Gasteiger partial charge in [0.25, 0.3) is 5.91 Å². The quantitative estimate of drug-likeness (QED) is 0.827. The lowest BCUT2D eigenvalue weighted by molar-refractivity contribution is 0.0735. The van der Waals surface area contributed by atoms with Crippen molar-refractivity contribution in [2.45, 2.75) is 25.3 Å². The third kappa shape index (κ3) is 4.48. The summed E-state index contributed by atoms with van der Waals surface area (Å²) >= 11 is 0. The molecule has 0 saturated carbocycles. The number of sulfonamides is 1. The van der Waals surface area contributed by atoms with Gasteiger partial charge in [-0.05, 0) is 48.7 Å². The summed E-state index contributed by atoms with van der Waals surface area (Å²) in [7, 11) is -3.40. The van der Waals surface area contributed by atoms with Gasteiger partial charge in [0.2, 0.25) is 10.0 Å². The summed E-state index contributed by atoms with van der Waals surface area (Å²) < 4.78 is 36.9. The van der Waals surface area contributed by atoms with Gasteiger partial charge in [0.1, 0.15) is 0 Å². The molecule has 1 saturated heterocycles. The number of nitrogens with one attached hydrogen (secondary N) is 1. The molecule has 4 rings (SSSR count). The van der Waals surface area contributed by atoms with Crippen molar-refractivity contribution in [2.75, 3.05) is 30.7 Å². The van der Waals surface area contributed by atoms with Crippen LogP contribution in [0.25, 0.3) is 0 Å². The average molecular weight is 416 g/mol. The Hall–Kier alpha value is -2.74. The van der Waals surface area contributed by atoms with Gasteiger partial charge in [-0.2, -0.15) is 0 Å². The zero-order valence-corrected chi connectivity index (χ0v) is 17.1. The average Bonchev–Trinajstić information content (AvgIpc) is 3.05. The van der Waals surface area contributed by atoms with Crippen LogP contribution in [0.5, 0.6) is 11.5 Å². The highest BCUT2D eigenvalue weighted by Gasteiger charge is 2.31. The number of fused-ring (bicyclic) bond motifs is 1. The zero-order chi connectivity index (χ0) is 20.4. The summed E-state index contributed by atoms with van der Waals surface area (Å²) in [5, 5.41) is 0. The molecule has 1 amide bonds. The van der Waals surface area contributed by atoms with Gasteiger partial charge in [0.15, 0.2) is 11.5 Å². The topological polar surface area (TPSA) is 84.9 Å². The standard InChI is InChI=1S/C21H24N2O5S/c1-29(25,26)22-17-6-2-5-16(13-17)21(24)23-10-3-7-18(23)15-8-9-19-20(14-15)28-12-4-11-27-19/h2,5-6,8-9,13-14,18,22H,3-4,7,10-12H2,1H3/t18-/m0/s1. The Balaban J connectivity index is 1.58. The minimum atomic E-state index is -3.40. The van der Waals surface area contributed by atoms with Gasteiger partial charge in [-0.1, -0.05) is 12.1 Å². The first-order chi connectivity index (χ1) is 13.9. The second kappa shape index (κ2) is 7.94. The second-order valence-corrected chi connectivity index (χ2v) is 9.12. The number of anilines is 1. The molecule has 2 heterocycles.